The van der Waals surface area contributed by atoms with Crippen LogP contribution in [0.4, 0.5) is 0 Å². The van der Waals surface area contributed by atoms with E-state index in [-0.39, 0.29) is 5.92 Å². The van der Waals surface area contributed by atoms with Gasteiger partial charge in [-0.15, -0.1) is 11.8 Å². The number of benzene rings is 2. The van der Waals surface area contributed by atoms with E-state index < -0.39 is 3.79 Å². The second-order valence-corrected chi connectivity index (χ2v) is 8.00. The van der Waals surface area contributed by atoms with Crippen molar-refractivity contribution < 1.29 is 4.74 Å². The largest absolute Gasteiger partial charge is 0.494 e. The molecule has 1 nitrogen and oxygen atoms in total. The van der Waals surface area contributed by atoms with Crippen LogP contribution < -0.4 is 4.74 Å². The Labute approximate surface area is 150 Å². The number of rotatable bonds is 5. The van der Waals surface area contributed by atoms with Crippen LogP contribution in [0.25, 0.3) is 0 Å². The van der Waals surface area contributed by atoms with E-state index in [0.717, 1.165) is 16.9 Å². The number of thioether (sulfide) groups is 1. The zero-order valence-corrected chi connectivity index (χ0v) is 15.4. The van der Waals surface area contributed by atoms with Crippen molar-refractivity contribution in [3.05, 3.63) is 59.7 Å². The molecule has 0 amide bonds. The van der Waals surface area contributed by atoms with Crippen LogP contribution in [0.2, 0.25) is 0 Å². The molecule has 118 valence electrons. The van der Waals surface area contributed by atoms with E-state index in [2.05, 4.69) is 0 Å². The molecular formula is C17H17Cl3OS. The fourth-order valence-corrected chi connectivity index (χ4v) is 3.45. The maximum absolute atomic E-state index is 6.24. The average molecular weight is 376 g/mol. The van der Waals surface area contributed by atoms with Gasteiger partial charge >= 0.3 is 0 Å². The molecule has 22 heavy (non-hydrogen) atoms. The van der Waals surface area contributed by atoms with Crippen LogP contribution in [0.3, 0.4) is 0 Å². The summed E-state index contributed by atoms with van der Waals surface area (Å²) < 4.78 is 4.04. The van der Waals surface area contributed by atoms with Gasteiger partial charge in [0.25, 0.3) is 0 Å². The number of halogens is 3. The van der Waals surface area contributed by atoms with Gasteiger partial charge in [-0.05, 0) is 48.6 Å². The summed E-state index contributed by atoms with van der Waals surface area (Å²) in [6.45, 7) is 2.58. The molecule has 2 aromatic rings. The van der Waals surface area contributed by atoms with Crippen molar-refractivity contribution in [1.82, 2.24) is 0 Å². The molecule has 1 unspecified atom stereocenters. The minimum Gasteiger partial charge on any atom is -0.494 e. The van der Waals surface area contributed by atoms with Gasteiger partial charge in [-0.3, -0.25) is 0 Å². The minimum atomic E-state index is -1.42. The first-order chi connectivity index (χ1) is 10.5. The molecule has 0 bridgehead atoms. The van der Waals surface area contributed by atoms with Crippen LogP contribution in [0, 0.1) is 0 Å². The molecule has 5 heteroatoms. The zero-order valence-electron chi connectivity index (χ0n) is 12.4. The maximum atomic E-state index is 6.24. The van der Waals surface area contributed by atoms with E-state index in [4.69, 9.17) is 39.5 Å². The summed E-state index contributed by atoms with van der Waals surface area (Å²) in [7, 11) is 0. The SMILES string of the molecule is CCOc1ccc(C(c2ccc(SC)cc2)C(Cl)(Cl)Cl)cc1. The predicted molar refractivity (Wildman–Crippen MR) is 98.0 cm³/mol. The van der Waals surface area contributed by atoms with Crippen LogP contribution in [0.1, 0.15) is 24.0 Å². The fraction of sp³-hybridized carbons (Fsp3) is 0.294. The van der Waals surface area contributed by atoms with E-state index in [0.29, 0.717) is 6.61 Å². The standard InChI is InChI=1S/C17H17Cl3OS/c1-3-21-14-8-4-12(5-9-14)16(17(18,19)20)13-6-10-15(22-2)11-7-13/h4-11,16H,3H2,1-2H3. The summed E-state index contributed by atoms with van der Waals surface area (Å²) in [4.78, 5) is 1.18. The Morgan fingerprint density at radius 2 is 1.45 bits per heavy atom. The van der Waals surface area contributed by atoms with Gasteiger partial charge in [0.2, 0.25) is 3.79 Å². The molecule has 1 atom stereocenters. The third-order valence-electron chi connectivity index (χ3n) is 3.30. The Bertz CT molecular complexity index is 591. The minimum absolute atomic E-state index is 0.330. The Kier molecular flexibility index (Phi) is 6.34. The highest BCUT2D eigenvalue weighted by atomic mass is 35.6. The number of ether oxygens (including phenoxy) is 1. The lowest BCUT2D eigenvalue weighted by atomic mass is 9.92. The second kappa shape index (κ2) is 7.83. The molecule has 0 spiro atoms. The van der Waals surface area contributed by atoms with Crippen LogP contribution in [-0.4, -0.2) is 16.7 Å². The molecule has 0 heterocycles. The normalized spacial score (nSPS) is 13.0. The van der Waals surface area contributed by atoms with Gasteiger partial charge in [0.05, 0.1) is 12.5 Å². The Morgan fingerprint density at radius 1 is 0.955 bits per heavy atom. The van der Waals surface area contributed by atoms with Crippen molar-refractivity contribution in [2.24, 2.45) is 0 Å². The molecule has 0 aliphatic rings. The molecule has 2 rings (SSSR count). The number of hydrogen-bond acceptors (Lipinski definition) is 2. The highest BCUT2D eigenvalue weighted by Gasteiger charge is 2.35. The molecule has 0 fully saturated rings. The summed E-state index contributed by atoms with van der Waals surface area (Å²) in [5.74, 6) is 0.483. The Balaban J connectivity index is 2.37. The molecule has 0 N–H and O–H groups in total. The van der Waals surface area contributed by atoms with Crippen LogP contribution in [0.15, 0.2) is 53.4 Å². The molecule has 0 aromatic heterocycles. The molecular weight excluding hydrogens is 359 g/mol. The molecule has 0 aliphatic heterocycles. The third kappa shape index (κ3) is 4.48. The van der Waals surface area contributed by atoms with Crippen molar-refractivity contribution in [3.63, 3.8) is 0 Å². The van der Waals surface area contributed by atoms with Crippen LogP contribution in [-0.2, 0) is 0 Å². The molecule has 0 radical (unpaired) electrons. The molecule has 0 aliphatic carbocycles. The van der Waals surface area contributed by atoms with E-state index in [1.54, 1.807) is 11.8 Å². The maximum Gasteiger partial charge on any atom is 0.201 e. The Morgan fingerprint density at radius 3 is 1.86 bits per heavy atom. The summed E-state index contributed by atoms with van der Waals surface area (Å²) in [6, 6.07) is 15.8. The van der Waals surface area contributed by atoms with Gasteiger partial charge in [-0.2, -0.15) is 0 Å². The van der Waals surface area contributed by atoms with E-state index in [1.165, 1.54) is 4.90 Å². The topological polar surface area (TPSA) is 9.23 Å². The first-order valence-corrected chi connectivity index (χ1v) is 9.25. The van der Waals surface area contributed by atoms with Gasteiger partial charge in [-0.25, -0.2) is 0 Å². The van der Waals surface area contributed by atoms with Gasteiger partial charge in [0.15, 0.2) is 0 Å². The third-order valence-corrected chi connectivity index (χ3v) is 4.70. The van der Waals surface area contributed by atoms with Crippen LogP contribution in [0.5, 0.6) is 5.75 Å². The van der Waals surface area contributed by atoms with Gasteiger partial charge in [-0.1, -0.05) is 59.1 Å². The molecule has 2 aromatic carbocycles. The molecule has 0 saturated heterocycles. The highest BCUT2D eigenvalue weighted by Crippen LogP contribution is 2.46. The first-order valence-electron chi connectivity index (χ1n) is 6.89. The van der Waals surface area contributed by atoms with E-state index in [9.17, 15) is 0 Å². The monoisotopic (exact) mass is 374 g/mol. The highest BCUT2D eigenvalue weighted by molar-refractivity contribution is 7.98. The lowest BCUT2D eigenvalue weighted by molar-refractivity contribution is 0.340. The van der Waals surface area contributed by atoms with Crippen LogP contribution >= 0.6 is 46.6 Å². The van der Waals surface area contributed by atoms with Crippen molar-refractivity contribution >= 4 is 46.6 Å². The van der Waals surface area contributed by atoms with E-state index >= 15 is 0 Å². The summed E-state index contributed by atoms with van der Waals surface area (Å²) in [5, 5.41) is 0. The van der Waals surface area contributed by atoms with Crippen molar-refractivity contribution in [2.45, 2.75) is 21.5 Å². The first kappa shape index (κ1) is 17.8. The van der Waals surface area contributed by atoms with Gasteiger partial charge in [0.1, 0.15) is 5.75 Å². The summed E-state index contributed by atoms with van der Waals surface area (Å²) in [5.41, 5.74) is 1.92. The quantitative estimate of drug-likeness (QED) is 0.447. The van der Waals surface area contributed by atoms with Crippen molar-refractivity contribution in [2.75, 3.05) is 12.9 Å². The molecule has 0 saturated carbocycles. The summed E-state index contributed by atoms with van der Waals surface area (Å²) >= 11 is 20.4. The van der Waals surface area contributed by atoms with Gasteiger partial charge in [0, 0.05) is 4.90 Å². The number of hydrogen-bond donors (Lipinski definition) is 0. The van der Waals surface area contributed by atoms with E-state index in [1.807, 2.05) is 61.7 Å². The second-order valence-electron chi connectivity index (χ2n) is 4.75. The fourth-order valence-electron chi connectivity index (χ4n) is 2.29. The van der Waals surface area contributed by atoms with Gasteiger partial charge < -0.3 is 4.74 Å². The lowest BCUT2D eigenvalue weighted by Crippen LogP contribution is -2.18. The lowest BCUT2D eigenvalue weighted by Gasteiger charge is -2.25. The zero-order chi connectivity index (χ0) is 16.2. The van der Waals surface area contributed by atoms with Crippen molar-refractivity contribution in [1.29, 1.82) is 0 Å². The summed E-state index contributed by atoms with van der Waals surface area (Å²) in [6.07, 6.45) is 2.04. The predicted octanol–water partition coefficient (Wildman–Crippen LogP) is 6.31. The number of alkyl halides is 3. The average Bonchev–Trinajstić information content (AvgIpc) is 2.49. The smallest absolute Gasteiger partial charge is 0.201 e. The van der Waals surface area contributed by atoms with Crippen molar-refractivity contribution in [3.8, 4) is 5.75 Å². The Hall–Kier alpha value is -0.540.